The maximum atomic E-state index is 12.7. The summed E-state index contributed by atoms with van der Waals surface area (Å²) < 4.78 is 31.2. The number of rotatable bonds is 2. The lowest BCUT2D eigenvalue weighted by Crippen LogP contribution is -2.39. The summed E-state index contributed by atoms with van der Waals surface area (Å²) in [6.07, 6.45) is 4.10. The van der Waals surface area contributed by atoms with E-state index in [9.17, 15) is 8.42 Å². The summed E-state index contributed by atoms with van der Waals surface area (Å²) in [6, 6.07) is 8.26. The molecule has 1 saturated heterocycles. The highest BCUT2D eigenvalue weighted by Crippen LogP contribution is 2.42. The van der Waals surface area contributed by atoms with Crippen molar-refractivity contribution < 1.29 is 13.2 Å². The molecule has 0 amide bonds. The van der Waals surface area contributed by atoms with Gasteiger partial charge in [0.1, 0.15) is 11.9 Å². The summed E-state index contributed by atoms with van der Waals surface area (Å²) >= 11 is 0. The third-order valence-corrected chi connectivity index (χ3v) is 6.13. The topological polar surface area (TPSA) is 68.3 Å². The molecule has 2 atom stereocenters. The van der Waals surface area contributed by atoms with Gasteiger partial charge in [0, 0.05) is 30.4 Å². The van der Waals surface area contributed by atoms with Crippen LogP contribution in [0, 0.1) is 0 Å². The first kappa shape index (κ1) is 13.7. The van der Waals surface area contributed by atoms with Crippen molar-refractivity contribution in [1.29, 1.82) is 0 Å². The van der Waals surface area contributed by atoms with Gasteiger partial charge in [0.25, 0.3) is 0 Å². The van der Waals surface area contributed by atoms with E-state index in [4.69, 9.17) is 4.74 Å². The lowest BCUT2D eigenvalue weighted by molar-refractivity contribution is 0.176. The fraction of sp³-hybridized carbons (Fsp3) is 0.312. The molecule has 114 valence electrons. The van der Waals surface area contributed by atoms with Gasteiger partial charge in [-0.1, -0.05) is 6.07 Å². The van der Waals surface area contributed by atoms with Crippen LogP contribution < -0.4 is 10.1 Å². The summed E-state index contributed by atoms with van der Waals surface area (Å²) in [4.78, 5) is 4.38. The molecule has 22 heavy (non-hydrogen) atoms. The van der Waals surface area contributed by atoms with Gasteiger partial charge in [-0.05, 0) is 37.2 Å². The number of sulfone groups is 1. The Kier molecular flexibility index (Phi) is 3.16. The molecule has 5 nitrogen and oxygen atoms in total. The van der Waals surface area contributed by atoms with Crippen molar-refractivity contribution in [2.45, 2.75) is 28.2 Å². The molecule has 1 fully saturated rings. The molecular formula is C16H16N2O3S. The second kappa shape index (κ2) is 5.07. The van der Waals surface area contributed by atoms with E-state index in [1.54, 1.807) is 12.1 Å². The highest BCUT2D eigenvalue weighted by molar-refractivity contribution is 7.91. The van der Waals surface area contributed by atoms with Gasteiger partial charge >= 0.3 is 0 Å². The number of aromatic nitrogens is 1. The first-order chi connectivity index (χ1) is 10.7. The predicted molar refractivity (Wildman–Crippen MR) is 80.8 cm³/mol. The Hall–Kier alpha value is -1.92. The Labute approximate surface area is 129 Å². The Morgan fingerprint density at radius 1 is 1.14 bits per heavy atom. The molecule has 3 heterocycles. The lowest BCUT2D eigenvalue weighted by atomic mass is 9.90. The van der Waals surface area contributed by atoms with Crippen LogP contribution in [0.25, 0.3) is 0 Å². The average molecular weight is 316 g/mol. The molecule has 0 bridgehead atoms. The first-order valence-electron chi connectivity index (χ1n) is 7.33. The third kappa shape index (κ3) is 2.10. The number of nitrogens with one attached hydrogen (secondary N) is 1. The van der Waals surface area contributed by atoms with Gasteiger partial charge in [-0.25, -0.2) is 8.42 Å². The van der Waals surface area contributed by atoms with E-state index >= 15 is 0 Å². The molecule has 6 heteroatoms. The summed E-state index contributed by atoms with van der Waals surface area (Å²) in [5.41, 5.74) is 1.13. The van der Waals surface area contributed by atoms with Gasteiger partial charge < -0.3 is 10.1 Å². The van der Waals surface area contributed by atoms with E-state index < -0.39 is 9.84 Å². The minimum atomic E-state index is -3.53. The number of benzene rings is 1. The summed E-state index contributed by atoms with van der Waals surface area (Å²) in [5.74, 6) is 1.07. The van der Waals surface area contributed by atoms with Crippen LogP contribution in [-0.4, -0.2) is 32.6 Å². The molecule has 1 N–H and O–H groups in total. The molecule has 0 aliphatic carbocycles. The van der Waals surface area contributed by atoms with E-state index in [2.05, 4.69) is 10.3 Å². The normalized spacial score (nSPS) is 23.5. The van der Waals surface area contributed by atoms with Crippen molar-refractivity contribution in [1.82, 2.24) is 10.3 Å². The Bertz CT molecular complexity index is 805. The van der Waals surface area contributed by atoms with Crippen LogP contribution in [-0.2, 0) is 9.84 Å². The van der Waals surface area contributed by atoms with E-state index in [-0.39, 0.29) is 15.9 Å². The van der Waals surface area contributed by atoms with Gasteiger partial charge in [0.15, 0.2) is 0 Å². The van der Waals surface area contributed by atoms with Crippen molar-refractivity contribution in [2.24, 2.45) is 0 Å². The monoisotopic (exact) mass is 316 g/mol. The van der Waals surface area contributed by atoms with Crippen molar-refractivity contribution in [3.05, 3.63) is 48.3 Å². The van der Waals surface area contributed by atoms with Crippen molar-refractivity contribution >= 4 is 9.84 Å². The average Bonchev–Trinajstić information content (AvgIpc) is 2.93. The highest BCUT2D eigenvalue weighted by Gasteiger charge is 2.36. The number of hydrogen-bond donors (Lipinski definition) is 1. The summed E-state index contributed by atoms with van der Waals surface area (Å²) in [7, 11) is -3.53. The molecule has 2 aliphatic heterocycles. The van der Waals surface area contributed by atoms with Gasteiger partial charge in [-0.2, -0.15) is 0 Å². The quantitative estimate of drug-likeness (QED) is 0.914. The second-order valence-electron chi connectivity index (χ2n) is 5.64. The standard InChI is InChI=1S/C16H16N2O3S/c19-22(20,11-3-6-17-7-4-11)12-1-2-13-14-5-8-18-10-16(14)21-15(13)9-12/h1-4,6-7,9,14,16,18H,5,8,10H2. The van der Waals surface area contributed by atoms with Gasteiger partial charge in [-0.3, -0.25) is 4.98 Å². The third-order valence-electron chi connectivity index (χ3n) is 4.36. The molecule has 1 aromatic heterocycles. The molecule has 2 aliphatic rings. The maximum Gasteiger partial charge on any atom is 0.206 e. The number of ether oxygens (including phenoxy) is 1. The minimum Gasteiger partial charge on any atom is -0.488 e. The van der Waals surface area contributed by atoms with E-state index in [1.807, 2.05) is 6.07 Å². The number of pyridine rings is 1. The van der Waals surface area contributed by atoms with Crippen molar-refractivity contribution in [3.8, 4) is 5.75 Å². The van der Waals surface area contributed by atoms with E-state index in [0.29, 0.717) is 11.7 Å². The zero-order chi connectivity index (χ0) is 15.2. The van der Waals surface area contributed by atoms with Gasteiger partial charge in [0.05, 0.1) is 9.79 Å². The van der Waals surface area contributed by atoms with Gasteiger partial charge in [-0.15, -0.1) is 0 Å². The van der Waals surface area contributed by atoms with Crippen LogP contribution in [0.4, 0.5) is 0 Å². The SMILES string of the molecule is O=S(=O)(c1ccncc1)c1ccc2c(c1)OC1CNCCC21. The lowest BCUT2D eigenvalue weighted by Gasteiger charge is -2.24. The van der Waals surface area contributed by atoms with Crippen LogP contribution in [0.3, 0.4) is 0 Å². The summed E-state index contributed by atoms with van der Waals surface area (Å²) in [6.45, 7) is 1.78. The maximum absolute atomic E-state index is 12.7. The van der Waals surface area contributed by atoms with Crippen LogP contribution in [0.15, 0.2) is 52.5 Å². The predicted octanol–water partition coefficient (Wildman–Crippen LogP) is 1.75. The van der Waals surface area contributed by atoms with Crippen molar-refractivity contribution in [3.63, 3.8) is 0 Å². The molecular weight excluding hydrogens is 300 g/mol. The van der Waals surface area contributed by atoms with Crippen LogP contribution in [0.5, 0.6) is 5.75 Å². The smallest absolute Gasteiger partial charge is 0.206 e. The number of piperidine rings is 1. The Morgan fingerprint density at radius 3 is 2.77 bits per heavy atom. The molecule has 2 aromatic rings. The van der Waals surface area contributed by atoms with Crippen LogP contribution in [0.2, 0.25) is 0 Å². The number of fused-ring (bicyclic) bond motifs is 3. The Morgan fingerprint density at radius 2 is 1.95 bits per heavy atom. The second-order valence-corrected chi connectivity index (χ2v) is 7.59. The first-order valence-corrected chi connectivity index (χ1v) is 8.81. The van der Waals surface area contributed by atoms with Crippen LogP contribution in [0.1, 0.15) is 17.9 Å². The number of nitrogens with zero attached hydrogens (tertiary/aromatic N) is 1. The molecule has 0 spiro atoms. The zero-order valence-corrected chi connectivity index (χ0v) is 12.7. The fourth-order valence-corrected chi connectivity index (χ4v) is 4.48. The fourth-order valence-electron chi connectivity index (χ4n) is 3.22. The molecule has 1 aromatic carbocycles. The Balaban J connectivity index is 1.74. The molecule has 0 saturated carbocycles. The molecule has 4 rings (SSSR count). The van der Waals surface area contributed by atoms with Gasteiger partial charge in [0.2, 0.25) is 9.84 Å². The number of hydrogen-bond acceptors (Lipinski definition) is 5. The zero-order valence-electron chi connectivity index (χ0n) is 11.9. The minimum absolute atomic E-state index is 0.114. The summed E-state index contributed by atoms with van der Waals surface area (Å²) in [5, 5.41) is 3.31. The molecule has 0 radical (unpaired) electrons. The van der Waals surface area contributed by atoms with Crippen molar-refractivity contribution in [2.75, 3.05) is 13.1 Å². The van der Waals surface area contributed by atoms with E-state index in [1.165, 1.54) is 24.5 Å². The molecule has 2 unspecified atom stereocenters. The van der Waals surface area contributed by atoms with Crippen LogP contribution >= 0.6 is 0 Å². The van der Waals surface area contributed by atoms with E-state index in [0.717, 1.165) is 25.1 Å². The highest BCUT2D eigenvalue weighted by atomic mass is 32.2. The largest absolute Gasteiger partial charge is 0.488 e.